The van der Waals surface area contributed by atoms with Gasteiger partial charge in [0.15, 0.2) is 0 Å². The number of hydrogen-bond acceptors (Lipinski definition) is 6. The Morgan fingerprint density at radius 3 is 3.09 bits per heavy atom. The molecule has 1 atom stereocenters. The number of nitrogens with zero attached hydrogens (tertiary/aromatic N) is 2. The number of benzene rings is 1. The molecule has 0 saturated heterocycles. The van der Waals surface area contributed by atoms with Crippen LogP contribution in [0.25, 0.3) is 0 Å². The smallest absolute Gasteiger partial charge is 0.345 e. The van der Waals surface area contributed by atoms with Gasteiger partial charge in [0.05, 0.1) is 12.5 Å². The van der Waals surface area contributed by atoms with Gasteiger partial charge in [0.25, 0.3) is 0 Å². The Bertz CT molecular complexity index is 736. The minimum atomic E-state index is -0.626. The number of halogens is 1. The predicted molar refractivity (Wildman–Crippen MR) is 84.1 cm³/mol. The van der Waals surface area contributed by atoms with Gasteiger partial charge in [-0.3, -0.25) is 0 Å². The number of carbonyl (C=O) groups excluding carboxylic acids is 1. The Hall–Kier alpha value is -2.15. The summed E-state index contributed by atoms with van der Waals surface area (Å²) >= 11 is 3.45. The first kappa shape index (κ1) is 14.8. The highest BCUT2D eigenvalue weighted by molar-refractivity contribution is 9.10. The molecule has 2 N–H and O–H groups in total. The second-order valence-electron chi connectivity index (χ2n) is 4.85. The SMILES string of the molecule is CCOC(=O)c1cnc(C2CNc3ccc(Br)cc32)nc1O. The number of aromatic hydroxyl groups is 1. The zero-order chi connectivity index (χ0) is 15.7. The molecule has 0 bridgehead atoms. The molecule has 3 rings (SSSR count). The lowest BCUT2D eigenvalue weighted by molar-refractivity contribution is 0.0521. The van der Waals surface area contributed by atoms with E-state index in [1.54, 1.807) is 6.92 Å². The van der Waals surface area contributed by atoms with Crippen LogP contribution < -0.4 is 5.32 Å². The van der Waals surface area contributed by atoms with E-state index in [9.17, 15) is 9.90 Å². The van der Waals surface area contributed by atoms with Crippen molar-refractivity contribution < 1.29 is 14.6 Å². The maximum Gasteiger partial charge on any atom is 0.345 e. The second kappa shape index (κ2) is 5.92. The molecule has 7 heteroatoms. The zero-order valence-electron chi connectivity index (χ0n) is 11.8. The van der Waals surface area contributed by atoms with Crippen LogP contribution in [0.5, 0.6) is 5.88 Å². The lowest BCUT2D eigenvalue weighted by Crippen LogP contribution is -2.12. The van der Waals surface area contributed by atoms with Gasteiger partial charge in [-0.25, -0.2) is 9.78 Å². The number of anilines is 1. The standard InChI is InChI=1S/C15H14BrN3O3/c1-2-22-15(21)11-7-18-13(19-14(11)20)10-6-17-12-4-3-8(16)5-9(10)12/h3-5,7,10,17H,2,6H2,1H3,(H,18,19,20). The Labute approximate surface area is 135 Å². The largest absolute Gasteiger partial charge is 0.493 e. The molecule has 114 valence electrons. The molecule has 0 saturated carbocycles. The molecule has 0 fully saturated rings. The molecule has 0 spiro atoms. The average Bonchev–Trinajstić information content (AvgIpc) is 2.90. The molecular weight excluding hydrogens is 350 g/mol. The summed E-state index contributed by atoms with van der Waals surface area (Å²) in [7, 11) is 0. The highest BCUT2D eigenvalue weighted by Crippen LogP contribution is 2.36. The average molecular weight is 364 g/mol. The topological polar surface area (TPSA) is 84.3 Å². The number of hydrogen-bond donors (Lipinski definition) is 2. The van der Waals surface area contributed by atoms with Gasteiger partial charge >= 0.3 is 5.97 Å². The third kappa shape index (κ3) is 2.64. The number of aromatic nitrogens is 2. The fraction of sp³-hybridized carbons (Fsp3) is 0.267. The number of nitrogens with one attached hydrogen (secondary N) is 1. The third-order valence-electron chi connectivity index (χ3n) is 3.48. The van der Waals surface area contributed by atoms with E-state index in [2.05, 4.69) is 31.2 Å². The van der Waals surface area contributed by atoms with Crippen molar-refractivity contribution in [2.24, 2.45) is 0 Å². The van der Waals surface area contributed by atoms with Crippen molar-refractivity contribution in [3.8, 4) is 5.88 Å². The summed E-state index contributed by atoms with van der Waals surface area (Å²) in [6.45, 7) is 2.57. The highest BCUT2D eigenvalue weighted by atomic mass is 79.9. The van der Waals surface area contributed by atoms with Crippen molar-refractivity contribution in [3.05, 3.63) is 45.8 Å². The fourth-order valence-electron chi connectivity index (χ4n) is 2.44. The van der Waals surface area contributed by atoms with Gasteiger partial charge < -0.3 is 15.2 Å². The van der Waals surface area contributed by atoms with Crippen molar-refractivity contribution in [1.82, 2.24) is 9.97 Å². The molecule has 1 aromatic heterocycles. The van der Waals surface area contributed by atoms with Gasteiger partial charge in [-0.2, -0.15) is 4.98 Å². The molecule has 0 radical (unpaired) electrons. The van der Waals surface area contributed by atoms with Crippen LogP contribution in [0.4, 0.5) is 5.69 Å². The van der Waals surface area contributed by atoms with Crippen molar-refractivity contribution in [2.75, 3.05) is 18.5 Å². The Morgan fingerprint density at radius 2 is 2.36 bits per heavy atom. The molecule has 22 heavy (non-hydrogen) atoms. The first-order valence-corrected chi connectivity index (χ1v) is 7.65. The van der Waals surface area contributed by atoms with Gasteiger partial charge in [-0.15, -0.1) is 0 Å². The van der Waals surface area contributed by atoms with Gasteiger partial charge in [-0.05, 0) is 30.7 Å². The van der Waals surface area contributed by atoms with Crippen LogP contribution in [0.15, 0.2) is 28.9 Å². The van der Waals surface area contributed by atoms with E-state index < -0.39 is 5.97 Å². The minimum Gasteiger partial charge on any atom is -0.493 e. The maximum atomic E-state index is 11.7. The van der Waals surface area contributed by atoms with Crippen LogP contribution in [0.1, 0.15) is 34.6 Å². The molecule has 2 heterocycles. The van der Waals surface area contributed by atoms with Gasteiger partial charge in [0.2, 0.25) is 5.88 Å². The minimum absolute atomic E-state index is 0.0222. The molecule has 1 aromatic carbocycles. The summed E-state index contributed by atoms with van der Waals surface area (Å²) in [6.07, 6.45) is 1.31. The molecular formula is C15H14BrN3O3. The summed E-state index contributed by atoms with van der Waals surface area (Å²) in [4.78, 5) is 20.0. The van der Waals surface area contributed by atoms with E-state index >= 15 is 0 Å². The number of carbonyl (C=O) groups is 1. The van der Waals surface area contributed by atoms with Crippen LogP contribution >= 0.6 is 15.9 Å². The Balaban J connectivity index is 1.93. The van der Waals surface area contributed by atoms with Gasteiger partial charge in [0, 0.05) is 22.9 Å². The summed E-state index contributed by atoms with van der Waals surface area (Å²) in [5.74, 6) is -0.587. The van der Waals surface area contributed by atoms with E-state index in [4.69, 9.17) is 4.74 Å². The van der Waals surface area contributed by atoms with Gasteiger partial charge in [0.1, 0.15) is 11.4 Å². The van der Waals surface area contributed by atoms with Crippen LogP contribution in [0.3, 0.4) is 0 Å². The van der Waals surface area contributed by atoms with E-state index in [1.807, 2.05) is 18.2 Å². The Morgan fingerprint density at radius 1 is 1.55 bits per heavy atom. The number of esters is 1. The lowest BCUT2D eigenvalue weighted by Gasteiger charge is -2.10. The maximum absolute atomic E-state index is 11.7. The van der Waals surface area contributed by atoms with E-state index in [0.29, 0.717) is 12.4 Å². The van der Waals surface area contributed by atoms with Crippen molar-refractivity contribution >= 4 is 27.6 Å². The first-order valence-electron chi connectivity index (χ1n) is 6.86. The second-order valence-corrected chi connectivity index (χ2v) is 5.77. The summed E-state index contributed by atoms with van der Waals surface area (Å²) < 4.78 is 5.81. The van der Waals surface area contributed by atoms with E-state index in [1.165, 1.54) is 6.20 Å². The fourth-order valence-corrected chi connectivity index (χ4v) is 2.82. The van der Waals surface area contributed by atoms with Crippen LogP contribution in [0, 0.1) is 0 Å². The Kier molecular flexibility index (Phi) is 3.98. The molecule has 1 aliphatic rings. The van der Waals surface area contributed by atoms with E-state index in [-0.39, 0.29) is 24.0 Å². The quantitative estimate of drug-likeness (QED) is 0.815. The van der Waals surface area contributed by atoms with Crippen LogP contribution in [-0.2, 0) is 4.74 Å². The molecule has 1 aliphatic heterocycles. The number of ether oxygens (including phenoxy) is 1. The number of fused-ring (bicyclic) bond motifs is 1. The van der Waals surface area contributed by atoms with E-state index in [0.717, 1.165) is 15.7 Å². The molecule has 1 unspecified atom stereocenters. The third-order valence-corrected chi connectivity index (χ3v) is 3.97. The zero-order valence-corrected chi connectivity index (χ0v) is 13.4. The normalized spacial score (nSPS) is 16.0. The van der Waals surface area contributed by atoms with Crippen LogP contribution in [0.2, 0.25) is 0 Å². The predicted octanol–water partition coefficient (Wildman–Crippen LogP) is 2.68. The highest BCUT2D eigenvalue weighted by Gasteiger charge is 2.27. The molecule has 0 amide bonds. The summed E-state index contributed by atoms with van der Waals surface area (Å²) in [5, 5.41) is 13.2. The lowest BCUT2D eigenvalue weighted by atomic mass is 10.0. The van der Waals surface area contributed by atoms with Crippen molar-refractivity contribution in [2.45, 2.75) is 12.8 Å². The van der Waals surface area contributed by atoms with Crippen LogP contribution in [-0.4, -0.2) is 34.2 Å². The molecule has 2 aromatic rings. The summed E-state index contributed by atoms with van der Waals surface area (Å²) in [5.41, 5.74) is 2.05. The number of rotatable bonds is 3. The first-order chi connectivity index (χ1) is 10.6. The molecule has 6 nitrogen and oxygen atoms in total. The monoisotopic (exact) mass is 363 g/mol. The van der Waals surface area contributed by atoms with Gasteiger partial charge in [-0.1, -0.05) is 15.9 Å². The summed E-state index contributed by atoms with van der Waals surface area (Å²) in [6, 6.07) is 5.93. The van der Waals surface area contributed by atoms with Crippen molar-refractivity contribution in [3.63, 3.8) is 0 Å². The molecule has 0 aliphatic carbocycles. The van der Waals surface area contributed by atoms with Crippen molar-refractivity contribution in [1.29, 1.82) is 0 Å².